The Bertz CT molecular complexity index is 1910. The molecule has 0 N–H and O–H groups in total. The van der Waals surface area contributed by atoms with Gasteiger partial charge >= 0.3 is 0 Å². The van der Waals surface area contributed by atoms with Crippen molar-refractivity contribution >= 4 is 53.9 Å². The van der Waals surface area contributed by atoms with Crippen molar-refractivity contribution < 1.29 is 0 Å². The van der Waals surface area contributed by atoms with E-state index in [4.69, 9.17) is 26.6 Å². The van der Waals surface area contributed by atoms with Crippen molar-refractivity contribution in [2.75, 3.05) is 0 Å². The predicted octanol–water partition coefficient (Wildman–Crippen LogP) is 9.05. The van der Waals surface area contributed by atoms with Gasteiger partial charge in [-0.1, -0.05) is 103 Å². The van der Waals surface area contributed by atoms with Gasteiger partial charge in [0.2, 0.25) is 0 Å². The van der Waals surface area contributed by atoms with Crippen LogP contribution in [0.1, 0.15) is 0 Å². The van der Waals surface area contributed by atoms with Crippen molar-refractivity contribution in [3.63, 3.8) is 0 Å². The molecular weight excluding hydrogens is 482 g/mol. The molecular formula is C31H18ClN3S. The summed E-state index contributed by atoms with van der Waals surface area (Å²) in [5.74, 6) is 1.82. The summed E-state index contributed by atoms with van der Waals surface area (Å²) in [4.78, 5) is 14.9. The molecule has 2 heterocycles. The lowest BCUT2D eigenvalue weighted by atomic mass is 10.0. The minimum absolute atomic E-state index is 0.561. The van der Waals surface area contributed by atoms with Crippen LogP contribution in [0.5, 0.6) is 0 Å². The van der Waals surface area contributed by atoms with Crippen molar-refractivity contribution in [1.82, 2.24) is 15.0 Å². The Morgan fingerprint density at radius 1 is 0.500 bits per heavy atom. The van der Waals surface area contributed by atoms with E-state index < -0.39 is 0 Å². The zero-order valence-electron chi connectivity index (χ0n) is 19.0. The molecule has 5 aromatic carbocycles. The lowest BCUT2D eigenvalue weighted by Gasteiger charge is -2.11. The molecule has 5 heteroatoms. The summed E-state index contributed by atoms with van der Waals surface area (Å²) in [6.07, 6.45) is 0. The summed E-state index contributed by atoms with van der Waals surface area (Å²) in [5.41, 5.74) is 2.71. The van der Waals surface area contributed by atoms with Crippen molar-refractivity contribution in [2.24, 2.45) is 0 Å². The fourth-order valence-electron chi connectivity index (χ4n) is 4.70. The predicted molar refractivity (Wildman–Crippen MR) is 152 cm³/mol. The van der Waals surface area contributed by atoms with Gasteiger partial charge in [0.05, 0.1) is 5.02 Å². The van der Waals surface area contributed by atoms with Crippen LogP contribution in [0.4, 0.5) is 0 Å². The van der Waals surface area contributed by atoms with Crippen molar-refractivity contribution in [2.45, 2.75) is 0 Å². The van der Waals surface area contributed by atoms with Crippen LogP contribution in [0.15, 0.2) is 109 Å². The van der Waals surface area contributed by atoms with E-state index >= 15 is 0 Å². The van der Waals surface area contributed by atoms with Crippen molar-refractivity contribution in [1.29, 1.82) is 0 Å². The number of halogens is 1. The lowest BCUT2D eigenvalue weighted by molar-refractivity contribution is 1.08. The van der Waals surface area contributed by atoms with E-state index in [1.807, 2.05) is 54.6 Å². The summed E-state index contributed by atoms with van der Waals surface area (Å²) in [7, 11) is 0. The van der Waals surface area contributed by atoms with E-state index in [1.165, 1.54) is 20.2 Å². The van der Waals surface area contributed by atoms with Crippen LogP contribution in [0.3, 0.4) is 0 Å². The summed E-state index contributed by atoms with van der Waals surface area (Å²) in [6.45, 7) is 0. The molecule has 7 rings (SSSR count). The molecule has 7 aromatic rings. The number of aromatic nitrogens is 3. The van der Waals surface area contributed by atoms with Crippen LogP contribution < -0.4 is 0 Å². The zero-order valence-corrected chi connectivity index (χ0v) is 20.6. The highest BCUT2D eigenvalue weighted by molar-refractivity contribution is 7.25. The number of fused-ring (bicyclic) bond motifs is 4. The highest BCUT2D eigenvalue weighted by Crippen LogP contribution is 2.40. The summed E-state index contributed by atoms with van der Waals surface area (Å²) < 4.78 is 2.45. The molecule has 0 fully saturated rings. The fraction of sp³-hybridized carbons (Fsp3) is 0. The Kier molecular flexibility index (Phi) is 5.01. The molecule has 0 aliphatic heterocycles. The Morgan fingerprint density at radius 3 is 2.03 bits per heavy atom. The van der Waals surface area contributed by atoms with Crippen molar-refractivity contribution in [3.8, 4) is 34.2 Å². The average molecular weight is 500 g/mol. The maximum absolute atomic E-state index is 6.93. The van der Waals surface area contributed by atoms with Gasteiger partial charge in [-0.25, -0.2) is 15.0 Å². The molecule has 0 radical (unpaired) electrons. The highest BCUT2D eigenvalue weighted by atomic mass is 35.5. The van der Waals surface area contributed by atoms with Crippen LogP contribution in [0.25, 0.3) is 65.1 Å². The Hall–Kier alpha value is -4.12. The van der Waals surface area contributed by atoms with Crippen LogP contribution in [-0.4, -0.2) is 15.0 Å². The molecule has 0 saturated heterocycles. The summed E-state index contributed by atoms with van der Waals surface area (Å²) in [6, 6.07) is 37.0. The van der Waals surface area contributed by atoms with Gasteiger partial charge in [0.25, 0.3) is 0 Å². The second-order valence-corrected chi connectivity index (χ2v) is 10.1. The van der Waals surface area contributed by atoms with Gasteiger partial charge in [-0.3, -0.25) is 0 Å². The van der Waals surface area contributed by atoms with E-state index in [1.54, 1.807) is 11.3 Å². The van der Waals surface area contributed by atoms with Gasteiger partial charge in [0, 0.05) is 42.2 Å². The first-order valence-electron chi connectivity index (χ1n) is 11.7. The minimum Gasteiger partial charge on any atom is -0.208 e. The first-order chi connectivity index (χ1) is 17.8. The summed E-state index contributed by atoms with van der Waals surface area (Å²) >= 11 is 8.71. The number of hydrogen-bond donors (Lipinski definition) is 0. The molecule has 0 saturated carbocycles. The van der Waals surface area contributed by atoms with Crippen LogP contribution >= 0.6 is 22.9 Å². The Morgan fingerprint density at radius 2 is 1.17 bits per heavy atom. The molecule has 36 heavy (non-hydrogen) atoms. The fourth-order valence-corrected chi connectivity index (χ4v) is 6.15. The van der Waals surface area contributed by atoms with Crippen molar-refractivity contribution in [3.05, 3.63) is 114 Å². The third-order valence-electron chi connectivity index (χ3n) is 6.42. The molecule has 0 unspecified atom stereocenters. The third-order valence-corrected chi connectivity index (χ3v) is 7.96. The van der Waals surface area contributed by atoms with Gasteiger partial charge < -0.3 is 0 Å². The van der Waals surface area contributed by atoms with Gasteiger partial charge in [0.15, 0.2) is 17.5 Å². The SMILES string of the molecule is Clc1c(-c2nc(-c3ccccc3)nc(-c3cccc4sc5ccccc5c34)n2)ccc2ccccc12. The van der Waals surface area contributed by atoms with E-state index in [2.05, 4.69) is 54.6 Å². The van der Waals surface area contributed by atoms with Gasteiger partial charge in [-0.05, 0) is 23.6 Å². The van der Waals surface area contributed by atoms with Crippen LogP contribution in [0, 0.1) is 0 Å². The molecule has 0 atom stereocenters. The van der Waals surface area contributed by atoms with Gasteiger partial charge in [-0.2, -0.15) is 0 Å². The van der Waals surface area contributed by atoms with E-state index in [0.29, 0.717) is 22.5 Å². The number of benzene rings is 5. The molecule has 0 amide bonds. The maximum Gasteiger partial charge on any atom is 0.165 e. The number of thiophene rings is 1. The number of nitrogens with zero attached hydrogens (tertiary/aromatic N) is 3. The molecule has 0 aliphatic rings. The quantitative estimate of drug-likeness (QED) is 0.243. The molecule has 0 aliphatic carbocycles. The van der Waals surface area contributed by atoms with Crippen LogP contribution in [-0.2, 0) is 0 Å². The maximum atomic E-state index is 6.93. The molecule has 0 spiro atoms. The lowest BCUT2D eigenvalue weighted by Crippen LogP contribution is -2.01. The van der Waals surface area contributed by atoms with Gasteiger partial charge in [0.1, 0.15) is 0 Å². The Balaban J connectivity index is 1.53. The molecule has 0 bridgehead atoms. The standard InChI is InChI=1S/C31H18ClN3S/c32-28-21-12-5-4-9-19(21)17-18-24(28)31-34-29(20-10-2-1-3-11-20)33-30(35-31)23-14-8-16-26-27(23)22-13-6-7-15-25(22)36-26/h1-18H. The van der Waals surface area contributed by atoms with Crippen LogP contribution in [0.2, 0.25) is 5.02 Å². The smallest absolute Gasteiger partial charge is 0.165 e. The minimum atomic E-state index is 0.561. The molecule has 170 valence electrons. The van der Waals surface area contributed by atoms with E-state index in [-0.39, 0.29) is 0 Å². The topological polar surface area (TPSA) is 38.7 Å². The second-order valence-electron chi connectivity index (χ2n) is 8.60. The highest BCUT2D eigenvalue weighted by Gasteiger charge is 2.18. The van der Waals surface area contributed by atoms with E-state index in [9.17, 15) is 0 Å². The first-order valence-corrected chi connectivity index (χ1v) is 12.9. The largest absolute Gasteiger partial charge is 0.208 e. The zero-order chi connectivity index (χ0) is 24.1. The molecule has 3 nitrogen and oxygen atoms in total. The monoisotopic (exact) mass is 499 g/mol. The second kappa shape index (κ2) is 8.52. The number of rotatable bonds is 3. The Labute approximate surface area is 216 Å². The number of hydrogen-bond acceptors (Lipinski definition) is 4. The van der Waals surface area contributed by atoms with E-state index in [0.717, 1.165) is 27.5 Å². The normalized spacial score (nSPS) is 11.5. The van der Waals surface area contributed by atoms with Gasteiger partial charge in [-0.15, -0.1) is 11.3 Å². The average Bonchev–Trinajstić information content (AvgIpc) is 3.33. The first kappa shape index (κ1) is 21.2. The molecule has 2 aromatic heterocycles. The third kappa shape index (κ3) is 3.46. The summed E-state index contributed by atoms with van der Waals surface area (Å²) in [5, 5.41) is 5.08.